The van der Waals surface area contributed by atoms with Crippen molar-refractivity contribution in [2.45, 2.75) is 19.4 Å². The molecule has 0 unspecified atom stereocenters. The van der Waals surface area contributed by atoms with Gasteiger partial charge in [0.05, 0.1) is 25.8 Å². The highest BCUT2D eigenvalue weighted by molar-refractivity contribution is 6.30. The molecule has 2 atom stereocenters. The van der Waals surface area contributed by atoms with Gasteiger partial charge in [0.25, 0.3) is 0 Å². The average molecular weight is 432 g/mol. The van der Waals surface area contributed by atoms with E-state index < -0.39 is 18.0 Å². The Hall–Kier alpha value is -3.06. The van der Waals surface area contributed by atoms with E-state index in [0.717, 1.165) is 0 Å². The number of ketones is 1. The van der Waals surface area contributed by atoms with Crippen LogP contribution in [0.2, 0.25) is 5.02 Å². The third kappa shape index (κ3) is 4.57. The third-order valence-corrected chi connectivity index (χ3v) is 5.18. The van der Waals surface area contributed by atoms with Crippen molar-refractivity contribution in [1.82, 2.24) is 0 Å². The maximum absolute atomic E-state index is 12.6. The number of hydrogen-bond acceptors (Lipinski definition) is 6. The lowest BCUT2D eigenvalue weighted by Gasteiger charge is -2.20. The average Bonchev–Trinajstić information content (AvgIpc) is 3.14. The summed E-state index contributed by atoms with van der Waals surface area (Å²) in [5.74, 6) is -0.802. The topological polar surface area (TPSA) is 82.1 Å². The lowest BCUT2D eigenvalue weighted by molar-refractivity contribution is -0.151. The molecule has 8 heteroatoms. The summed E-state index contributed by atoms with van der Waals surface area (Å²) < 4.78 is 15.9. The summed E-state index contributed by atoms with van der Waals surface area (Å²) >= 11 is 5.83. The second kappa shape index (κ2) is 9.17. The van der Waals surface area contributed by atoms with Crippen LogP contribution in [-0.4, -0.2) is 44.5 Å². The van der Waals surface area contributed by atoms with Gasteiger partial charge in [-0.2, -0.15) is 0 Å². The first-order valence-electron chi connectivity index (χ1n) is 9.36. The first kappa shape index (κ1) is 21.6. The summed E-state index contributed by atoms with van der Waals surface area (Å²) in [6.07, 6.45) is -0.990. The minimum absolute atomic E-state index is 0.0128. The van der Waals surface area contributed by atoms with Crippen molar-refractivity contribution < 1.29 is 28.6 Å². The summed E-state index contributed by atoms with van der Waals surface area (Å²) in [6, 6.07) is 11.4. The van der Waals surface area contributed by atoms with E-state index in [-0.39, 0.29) is 24.7 Å². The number of halogens is 1. The molecule has 0 aliphatic carbocycles. The molecular weight excluding hydrogens is 410 g/mol. The normalized spacial score (nSPS) is 16.9. The van der Waals surface area contributed by atoms with E-state index in [0.29, 0.717) is 27.8 Å². The molecule has 0 N–H and O–H groups in total. The van der Waals surface area contributed by atoms with Gasteiger partial charge in [0, 0.05) is 29.6 Å². The van der Waals surface area contributed by atoms with Gasteiger partial charge in [-0.05, 0) is 43.3 Å². The van der Waals surface area contributed by atoms with Gasteiger partial charge in [-0.3, -0.25) is 14.4 Å². The Kier molecular flexibility index (Phi) is 6.62. The number of Topliss-reactive ketones (excluding diaryl/α,β-unsaturated/α-hetero) is 1. The number of methoxy groups -OCH3 is 2. The molecule has 1 heterocycles. The molecule has 1 aliphatic rings. The number of esters is 1. The molecule has 0 radical (unpaired) electrons. The highest BCUT2D eigenvalue weighted by atomic mass is 35.5. The zero-order valence-corrected chi connectivity index (χ0v) is 17.6. The van der Waals surface area contributed by atoms with Gasteiger partial charge in [0.2, 0.25) is 11.7 Å². The van der Waals surface area contributed by atoms with Gasteiger partial charge < -0.3 is 19.1 Å². The molecule has 0 bridgehead atoms. The fraction of sp³-hybridized carbons (Fsp3) is 0.318. The van der Waals surface area contributed by atoms with Crippen LogP contribution < -0.4 is 14.4 Å². The van der Waals surface area contributed by atoms with E-state index in [4.69, 9.17) is 25.8 Å². The first-order chi connectivity index (χ1) is 14.3. The summed E-state index contributed by atoms with van der Waals surface area (Å²) in [4.78, 5) is 39.1. The molecule has 1 amide bonds. The van der Waals surface area contributed by atoms with E-state index >= 15 is 0 Å². The molecule has 30 heavy (non-hydrogen) atoms. The van der Waals surface area contributed by atoms with Crippen LogP contribution in [0.5, 0.6) is 11.5 Å². The Morgan fingerprint density at radius 1 is 1.10 bits per heavy atom. The summed E-state index contributed by atoms with van der Waals surface area (Å²) in [5, 5.41) is 0.508. The third-order valence-electron chi connectivity index (χ3n) is 4.93. The number of ether oxygens (including phenoxy) is 3. The Morgan fingerprint density at radius 3 is 2.43 bits per heavy atom. The molecule has 2 aromatic rings. The molecule has 158 valence electrons. The van der Waals surface area contributed by atoms with Crippen LogP contribution >= 0.6 is 11.6 Å². The van der Waals surface area contributed by atoms with Crippen LogP contribution in [0.25, 0.3) is 0 Å². The van der Waals surface area contributed by atoms with Gasteiger partial charge in [-0.1, -0.05) is 11.6 Å². The SMILES string of the molecule is COc1ccc(OC)c(N2C[C@@H](C(=O)O[C@@H](C)C(=O)c3ccc(Cl)cc3)CC2=O)c1. The summed E-state index contributed by atoms with van der Waals surface area (Å²) in [6.45, 7) is 1.64. The number of carbonyl (C=O) groups is 3. The largest absolute Gasteiger partial charge is 0.497 e. The van der Waals surface area contributed by atoms with E-state index in [1.54, 1.807) is 42.5 Å². The predicted octanol–water partition coefficient (Wildman–Crippen LogP) is 3.52. The molecule has 0 aromatic heterocycles. The molecule has 0 saturated carbocycles. The lowest BCUT2D eigenvalue weighted by atomic mass is 10.1. The van der Waals surface area contributed by atoms with Crippen molar-refractivity contribution in [2.75, 3.05) is 25.7 Å². The highest BCUT2D eigenvalue weighted by Crippen LogP contribution is 2.36. The number of anilines is 1. The van der Waals surface area contributed by atoms with E-state index in [1.807, 2.05) is 0 Å². The molecule has 1 fully saturated rings. The van der Waals surface area contributed by atoms with Crippen molar-refractivity contribution in [3.05, 3.63) is 53.1 Å². The fourth-order valence-corrected chi connectivity index (χ4v) is 3.40. The fourth-order valence-electron chi connectivity index (χ4n) is 3.28. The summed E-state index contributed by atoms with van der Waals surface area (Å²) in [5.41, 5.74) is 0.910. The Balaban J connectivity index is 1.69. The Bertz CT molecular complexity index is 959. The van der Waals surface area contributed by atoms with Gasteiger partial charge in [-0.15, -0.1) is 0 Å². The number of amides is 1. The van der Waals surface area contributed by atoms with Crippen molar-refractivity contribution in [3.8, 4) is 11.5 Å². The van der Waals surface area contributed by atoms with Gasteiger partial charge in [-0.25, -0.2) is 0 Å². The maximum Gasteiger partial charge on any atom is 0.312 e. The predicted molar refractivity (Wildman–Crippen MR) is 111 cm³/mol. The van der Waals surface area contributed by atoms with Crippen LogP contribution in [-0.2, 0) is 14.3 Å². The first-order valence-corrected chi connectivity index (χ1v) is 9.74. The molecular formula is C22H22ClNO6. The molecule has 2 aromatic carbocycles. The monoisotopic (exact) mass is 431 g/mol. The second-order valence-corrected chi connectivity index (χ2v) is 7.33. The van der Waals surface area contributed by atoms with Crippen molar-refractivity contribution in [2.24, 2.45) is 5.92 Å². The summed E-state index contributed by atoms with van der Waals surface area (Å²) in [7, 11) is 3.03. The van der Waals surface area contributed by atoms with Gasteiger partial charge in [0.15, 0.2) is 6.10 Å². The van der Waals surface area contributed by atoms with Crippen molar-refractivity contribution in [1.29, 1.82) is 0 Å². The highest BCUT2D eigenvalue weighted by Gasteiger charge is 2.38. The van der Waals surface area contributed by atoms with Gasteiger partial charge >= 0.3 is 5.97 Å². The molecule has 0 spiro atoms. The number of benzene rings is 2. The van der Waals surface area contributed by atoms with Crippen LogP contribution in [0.1, 0.15) is 23.7 Å². The standard InChI is InChI=1S/C22H22ClNO6/c1-13(21(26)14-4-6-16(23)7-5-14)30-22(27)15-10-20(25)24(12-15)18-11-17(28-2)8-9-19(18)29-3/h4-9,11,13,15H,10,12H2,1-3H3/t13-,15-/m0/s1. The Morgan fingerprint density at radius 2 is 1.80 bits per heavy atom. The zero-order valence-electron chi connectivity index (χ0n) is 16.9. The van der Waals surface area contributed by atoms with Crippen LogP contribution in [0, 0.1) is 5.92 Å². The van der Waals surface area contributed by atoms with Crippen LogP contribution in [0.15, 0.2) is 42.5 Å². The van der Waals surface area contributed by atoms with E-state index in [1.165, 1.54) is 26.0 Å². The molecule has 1 saturated heterocycles. The minimum Gasteiger partial charge on any atom is -0.497 e. The maximum atomic E-state index is 12.6. The van der Waals surface area contributed by atoms with E-state index in [9.17, 15) is 14.4 Å². The zero-order chi connectivity index (χ0) is 21.8. The number of carbonyl (C=O) groups excluding carboxylic acids is 3. The number of hydrogen-bond donors (Lipinski definition) is 0. The van der Waals surface area contributed by atoms with Crippen molar-refractivity contribution in [3.63, 3.8) is 0 Å². The second-order valence-electron chi connectivity index (χ2n) is 6.89. The quantitative estimate of drug-likeness (QED) is 0.492. The number of nitrogens with zero attached hydrogens (tertiary/aromatic N) is 1. The molecule has 3 rings (SSSR count). The molecule has 7 nitrogen and oxygen atoms in total. The smallest absolute Gasteiger partial charge is 0.312 e. The molecule has 1 aliphatic heterocycles. The minimum atomic E-state index is -0.978. The van der Waals surface area contributed by atoms with E-state index in [2.05, 4.69) is 0 Å². The Labute approximate surface area is 179 Å². The van der Waals surface area contributed by atoms with Crippen molar-refractivity contribution >= 4 is 34.9 Å². The van der Waals surface area contributed by atoms with Crippen LogP contribution in [0.3, 0.4) is 0 Å². The van der Waals surface area contributed by atoms with Crippen LogP contribution in [0.4, 0.5) is 5.69 Å². The lowest BCUT2D eigenvalue weighted by Crippen LogP contribution is -2.30. The van der Waals surface area contributed by atoms with Gasteiger partial charge in [0.1, 0.15) is 11.5 Å². The number of rotatable bonds is 7.